The van der Waals surface area contributed by atoms with Crippen LogP contribution in [-0.2, 0) is 9.59 Å². The summed E-state index contributed by atoms with van der Waals surface area (Å²) in [5, 5.41) is 6.64. The molecule has 0 unspecified atom stereocenters. The van der Waals surface area contributed by atoms with Crippen LogP contribution in [0, 0.1) is 13.8 Å². The third kappa shape index (κ3) is 6.04. The standard InChI is InChI=1S/C19H21N3O2/c1-14-3-7-16(8-4-14)13-20-22-19(24)12-11-18(23)21-17-9-5-15(2)6-10-17/h3-10,13H,11-12H2,1-2H3,(H,21,23)(H,22,24). The zero-order chi connectivity index (χ0) is 17.4. The van der Waals surface area contributed by atoms with Gasteiger partial charge in [0, 0.05) is 18.5 Å². The Labute approximate surface area is 141 Å². The fourth-order valence-corrected chi connectivity index (χ4v) is 1.97. The van der Waals surface area contributed by atoms with E-state index < -0.39 is 0 Å². The number of benzene rings is 2. The van der Waals surface area contributed by atoms with E-state index >= 15 is 0 Å². The molecule has 2 aromatic carbocycles. The van der Waals surface area contributed by atoms with Gasteiger partial charge >= 0.3 is 0 Å². The van der Waals surface area contributed by atoms with Gasteiger partial charge in [0.25, 0.3) is 0 Å². The molecule has 0 saturated carbocycles. The van der Waals surface area contributed by atoms with E-state index in [9.17, 15) is 9.59 Å². The van der Waals surface area contributed by atoms with Crippen molar-refractivity contribution in [2.75, 3.05) is 5.32 Å². The van der Waals surface area contributed by atoms with Gasteiger partial charge in [0.05, 0.1) is 6.21 Å². The molecule has 0 radical (unpaired) electrons. The molecule has 5 heteroatoms. The summed E-state index contributed by atoms with van der Waals surface area (Å²) in [6.45, 7) is 3.98. The van der Waals surface area contributed by atoms with Crippen molar-refractivity contribution >= 4 is 23.7 Å². The van der Waals surface area contributed by atoms with Crippen molar-refractivity contribution in [2.45, 2.75) is 26.7 Å². The van der Waals surface area contributed by atoms with Crippen LogP contribution in [0.4, 0.5) is 5.69 Å². The number of rotatable bonds is 6. The van der Waals surface area contributed by atoms with Crippen molar-refractivity contribution in [3.05, 3.63) is 65.2 Å². The van der Waals surface area contributed by atoms with Crippen LogP contribution < -0.4 is 10.7 Å². The molecule has 2 N–H and O–H groups in total. The number of amides is 2. The van der Waals surface area contributed by atoms with Crippen molar-refractivity contribution in [3.8, 4) is 0 Å². The predicted octanol–water partition coefficient (Wildman–Crippen LogP) is 3.17. The minimum Gasteiger partial charge on any atom is -0.326 e. The Morgan fingerprint density at radius 3 is 2.04 bits per heavy atom. The van der Waals surface area contributed by atoms with Crippen LogP contribution in [0.2, 0.25) is 0 Å². The fourth-order valence-electron chi connectivity index (χ4n) is 1.97. The average molecular weight is 323 g/mol. The molecule has 0 bridgehead atoms. The summed E-state index contributed by atoms with van der Waals surface area (Å²) in [5.74, 6) is -0.492. The first kappa shape index (κ1) is 17.4. The minimum atomic E-state index is -0.294. The molecule has 124 valence electrons. The van der Waals surface area contributed by atoms with Gasteiger partial charge in [0.15, 0.2) is 0 Å². The van der Waals surface area contributed by atoms with Gasteiger partial charge in [-0.05, 0) is 31.5 Å². The molecule has 0 spiro atoms. The van der Waals surface area contributed by atoms with Crippen LogP contribution in [0.5, 0.6) is 0 Å². The third-order valence-corrected chi connectivity index (χ3v) is 3.39. The number of hydrazone groups is 1. The van der Waals surface area contributed by atoms with Gasteiger partial charge in [-0.1, -0.05) is 47.5 Å². The molecule has 0 aliphatic heterocycles. The molecular formula is C19H21N3O2. The Hall–Kier alpha value is -2.95. The first-order valence-corrected chi connectivity index (χ1v) is 7.78. The summed E-state index contributed by atoms with van der Waals surface area (Å²) in [6, 6.07) is 15.3. The Morgan fingerprint density at radius 1 is 0.875 bits per heavy atom. The molecule has 2 aromatic rings. The van der Waals surface area contributed by atoms with Gasteiger partial charge < -0.3 is 5.32 Å². The van der Waals surface area contributed by atoms with E-state index in [1.165, 1.54) is 0 Å². The summed E-state index contributed by atoms with van der Waals surface area (Å²) in [6.07, 6.45) is 1.77. The van der Waals surface area contributed by atoms with Gasteiger partial charge in [-0.2, -0.15) is 5.10 Å². The van der Waals surface area contributed by atoms with Gasteiger partial charge in [-0.25, -0.2) is 5.43 Å². The average Bonchev–Trinajstić information content (AvgIpc) is 2.57. The van der Waals surface area contributed by atoms with Crippen LogP contribution in [0.3, 0.4) is 0 Å². The summed E-state index contributed by atoms with van der Waals surface area (Å²) in [4.78, 5) is 23.5. The fraction of sp³-hybridized carbons (Fsp3) is 0.211. The van der Waals surface area contributed by atoms with Gasteiger partial charge in [0.2, 0.25) is 11.8 Å². The zero-order valence-electron chi connectivity index (χ0n) is 13.9. The number of carbonyl (C=O) groups is 2. The quantitative estimate of drug-likeness (QED) is 0.633. The Kier molecular flexibility index (Phi) is 6.25. The lowest BCUT2D eigenvalue weighted by Crippen LogP contribution is -2.20. The maximum absolute atomic E-state index is 11.8. The van der Waals surface area contributed by atoms with Crippen molar-refractivity contribution in [1.82, 2.24) is 5.43 Å². The van der Waals surface area contributed by atoms with Crippen LogP contribution in [0.15, 0.2) is 53.6 Å². The highest BCUT2D eigenvalue weighted by Crippen LogP contribution is 2.09. The number of nitrogens with one attached hydrogen (secondary N) is 2. The molecule has 5 nitrogen and oxygen atoms in total. The first-order valence-electron chi connectivity index (χ1n) is 7.78. The summed E-state index contributed by atoms with van der Waals surface area (Å²) < 4.78 is 0. The van der Waals surface area contributed by atoms with Crippen LogP contribution in [0.25, 0.3) is 0 Å². The number of hydrogen-bond acceptors (Lipinski definition) is 3. The molecule has 0 atom stereocenters. The van der Waals surface area contributed by atoms with Crippen molar-refractivity contribution < 1.29 is 9.59 Å². The van der Waals surface area contributed by atoms with Crippen molar-refractivity contribution in [3.63, 3.8) is 0 Å². The SMILES string of the molecule is Cc1ccc(C=NNC(=O)CCC(=O)Nc2ccc(C)cc2)cc1. The second-order valence-corrected chi connectivity index (χ2v) is 5.62. The van der Waals surface area contributed by atoms with E-state index in [2.05, 4.69) is 15.8 Å². The van der Waals surface area contributed by atoms with Crippen LogP contribution in [-0.4, -0.2) is 18.0 Å². The molecule has 0 aromatic heterocycles. The molecule has 0 saturated heterocycles. The normalized spacial score (nSPS) is 10.6. The first-order chi connectivity index (χ1) is 11.5. The number of nitrogens with zero attached hydrogens (tertiary/aromatic N) is 1. The number of aryl methyl sites for hydroxylation is 2. The van der Waals surface area contributed by atoms with Gasteiger partial charge in [0.1, 0.15) is 0 Å². The predicted molar refractivity (Wildman–Crippen MR) is 96.0 cm³/mol. The lowest BCUT2D eigenvalue weighted by molar-refractivity contribution is -0.124. The minimum absolute atomic E-state index is 0.0862. The molecule has 0 fully saturated rings. The second-order valence-electron chi connectivity index (χ2n) is 5.62. The highest BCUT2D eigenvalue weighted by molar-refractivity contribution is 5.93. The van der Waals surface area contributed by atoms with E-state index in [0.717, 1.165) is 22.4 Å². The largest absolute Gasteiger partial charge is 0.326 e. The second kappa shape index (κ2) is 8.62. The Bertz CT molecular complexity index is 719. The monoisotopic (exact) mass is 323 g/mol. The van der Waals surface area contributed by atoms with E-state index in [4.69, 9.17) is 0 Å². The third-order valence-electron chi connectivity index (χ3n) is 3.39. The molecule has 2 rings (SSSR count). The number of hydrogen-bond donors (Lipinski definition) is 2. The lowest BCUT2D eigenvalue weighted by atomic mass is 10.2. The van der Waals surface area contributed by atoms with Crippen LogP contribution in [0.1, 0.15) is 29.5 Å². The maximum atomic E-state index is 11.8. The summed E-state index contributed by atoms with van der Waals surface area (Å²) >= 11 is 0. The van der Waals surface area contributed by atoms with E-state index in [1.807, 2.05) is 62.4 Å². The number of carbonyl (C=O) groups excluding carboxylic acids is 2. The molecular weight excluding hydrogens is 302 g/mol. The summed E-state index contributed by atoms with van der Waals surface area (Å²) in [7, 11) is 0. The highest BCUT2D eigenvalue weighted by Gasteiger charge is 2.06. The molecule has 0 heterocycles. The molecule has 2 amide bonds. The molecule has 24 heavy (non-hydrogen) atoms. The van der Waals surface area contributed by atoms with E-state index in [0.29, 0.717) is 0 Å². The maximum Gasteiger partial charge on any atom is 0.240 e. The summed E-state index contributed by atoms with van der Waals surface area (Å²) in [5.41, 5.74) is 6.34. The van der Waals surface area contributed by atoms with Gasteiger partial charge in [-0.15, -0.1) is 0 Å². The van der Waals surface area contributed by atoms with Gasteiger partial charge in [-0.3, -0.25) is 9.59 Å². The topological polar surface area (TPSA) is 70.6 Å². The lowest BCUT2D eigenvalue weighted by Gasteiger charge is -2.05. The molecule has 0 aliphatic rings. The van der Waals surface area contributed by atoms with E-state index in [-0.39, 0.29) is 24.7 Å². The smallest absolute Gasteiger partial charge is 0.240 e. The zero-order valence-corrected chi connectivity index (χ0v) is 13.9. The van der Waals surface area contributed by atoms with Crippen molar-refractivity contribution in [1.29, 1.82) is 0 Å². The number of anilines is 1. The van der Waals surface area contributed by atoms with Crippen LogP contribution >= 0.6 is 0 Å². The molecule has 0 aliphatic carbocycles. The highest BCUT2D eigenvalue weighted by atomic mass is 16.2. The Morgan fingerprint density at radius 2 is 1.42 bits per heavy atom. The van der Waals surface area contributed by atoms with E-state index in [1.54, 1.807) is 6.21 Å². The van der Waals surface area contributed by atoms with Crippen molar-refractivity contribution in [2.24, 2.45) is 5.10 Å². The Balaban J connectivity index is 1.71.